The van der Waals surface area contributed by atoms with Crippen molar-refractivity contribution in [3.8, 4) is 0 Å². The Balaban J connectivity index is 1.60. The van der Waals surface area contributed by atoms with Crippen molar-refractivity contribution in [2.45, 2.75) is 38.0 Å². The highest BCUT2D eigenvalue weighted by atomic mass is 19.4. The largest absolute Gasteiger partial charge is 0.492 e. The normalized spacial score (nSPS) is 16.0. The molecule has 1 aliphatic heterocycles. The first-order valence-electron chi connectivity index (χ1n) is 8.63. The zero-order valence-corrected chi connectivity index (χ0v) is 14.8. The third-order valence-corrected chi connectivity index (χ3v) is 4.16. The molecule has 2 N–H and O–H groups in total. The summed E-state index contributed by atoms with van der Waals surface area (Å²) in [5, 5.41) is 6.67. The van der Waals surface area contributed by atoms with Gasteiger partial charge in [0.15, 0.2) is 11.6 Å². The molecule has 1 fully saturated rings. The van der Waals surface area contributed by atoms with Gasteiger partial charge in [-0.1, -0.05) is 6.07 Å². The molecule has 28 heavy (non-hydrogen) atoms. The number of carbonyl (C=O) groups is 2. The molecule has 1 amide bonds. The second kappa shape index (κ2) is 9.78. The average Bonchev–Trinajstić information content (AvgIpc) is 2.63. The molecule has 0 bridgehead atoms. The summed E-state index contributed by atoms with van der Waals surface area (Å²) in [5.74, 6) is -4.47. The van der Waals surface area contributed by atoms with Crippen molar-refractivity contribution in [2.75, 3.05) is 19.6 Å². The van der Waals surface area contributed by atoms with Crippen LogP contribution in [0.1, 0.15) is 24.8 Å². The van der Waals surface area contributed by atoms with Crippen LogP contribution in [0.15, 0.2) is 18.2 Å². The Kier molecular flexibility index (Phi) is 7.69. The van der Waals surface area contributed by atoms with Gasteiger partial charge in [0.25, 0.3) is 0 Å². The summed E-state index contributed by atoms with van der Waals surface area (Å²) in [7, 11) is 0. The highest BCUT2D eigenvalue weighted by Crippen LogP contribution is 2.19. The van der Waals surface area contributed by atoms with Gasteiger partial charge < -0.3 is 15.5 Å². The minimum Gasteiger partial charge on any atom is -0.361 e. The second-order valence-electron chi connectivity index (χ2n) is 6.31. The van der Waals surface area contributed by atoms with E-state index in [0.29, 0.717) is 24.9 Å². The highest BCUT2D eigenvalue weighted by Gasteiger charge is 2.42. The number of nitrogens with one attached hydrogen (secondary N) is 2. The van der Waals surface area contributed by atoms with Crippen LogP contribution in [0.2, 0.25) is 0 Å². The van der Waals surface area contributed by atoms with Gasteiger partial charge in [0.05, 0.1) is 0 Å². The zero-order valence-electron chi connectivity index (χ0n) is 14.8. The summed E-state index contributed by atoms with van der Waals surface area (Å²) in [5.41, 5.74) is 0.431. The maximum absolute atomic E-state index is 13.1. The summed E-state index contributed by atoms with van der Waals surface area (Å²) in [6.45, 7) is 0.721. The monoisotopic (exact) mass is 409 g/mol. The van der Waals surface area contributed by atoms with Crippen molar-refractivity contribution < 1.29 is 36.4 Å². The molecule has 0 unspecified atom stereocenters. The smallest absolute Gasteiger partial charge is 0.361 e. The van der Waals surface area contributed by atoms with Crippen molar-refractivity contribution in [3.05, 3.63) is 35.4 Å². The van der Waals surface area contributed by atoms with E-state index in [-0.39, 0.29) is 38.0 Å². The van der Waals surface area contributed by atoms with Gasteiger partial charge in [0.2, 0.25) is 5.91 Å². The van der Waals surface area contributed by atoms with Crippen LogP contribution in [0.5, 0.6) is 0 Å². The molecule has 0 saturated carbocycles. The maximum Gasteiger partial charge on any atom is 0.492 e. The lowest BCUT2D eigenvalue weighted by Crippen LogP contribution is -2.45. The Morgan fingerprint density at radius 1 is 1.14 bits per heavy atom. The fraction of sp³-hybridized carbons (Fsp3) is 0.529. The molecule has 1 aliphatic rings. The molecule has 1 aromatic carbocycles. The number of hydrogen-bond acceptors (Lipinski definition) is 5. The molecule has 0 radical (unpaired) electrons. The lowest BCUT2D eigenvalue weighted by atomic mass is 10.1. The van der Waals surface area contributed by atoms with E-state index in [1.54, 1.807) is 0 Å². The number of hydrogen-bond donors (Lipinski definition) is 2. The van der Waals surface area contributed by atoms with E-state index in [9.17, 15) is 31.5 Å². The third kappa shape index (κ3) is 7.04. The molecule has 1 heterocycles. The number of hydroxylamine groups is 2. The molecule has 1 saturated heterocycles. The summed E-state index contributed by atoms with van der Waals surface area (Å²) in [4.78, 5) is 26.8. The predicted molar refractivity (Wildman–Crippen MR) is 87.6 cm³/mol. The van der Waals surface area contributed by atoms with E-state index in [1.165, 1.54) is 6.07 Å². The van der Waals surface area contributed by atoms with Crippen LogP contribution in [0.4, 0.5) is 22.0 Å². The molecule has 0 atom stereocenters. The lowest BCUT2D eigenvalue weighted by molar-refractivity contribution is -0.241. The minimum absolute atomic E-state index is 0.0140. The topological polar surface area (TPSA) is 70.7 Å². The first-order valence-corrected chi connectivity index (χ1v) is 8.63. The number of nitrogens with zero attached hydrogens (tertiary/aromatic N) is 1. The Morgan fingerprint density at radius 2 is 1.82 bits per heavy atom. The first-order chi connectivity index (χ1) is 13.1. The molecular weight excluding hydrogens is 389 g/mol. The van der Waals surface area contributed by atoms with E-state index in [1.807, 2.05) is 0 Å². The predicted octanol–water partition coefficient (Wildman–Crippen LogP) is 2.05. The molecule has 0 spiro atoms. The van der Waals surface area contributed by atoms with Crippen molar-refractivity contribution in [1.29, 1.82) is 0 Å². The third-order valence-electron chi connectivity index (χ3n) is 4.16. The van der Waals surface area contributed by atoms with Gasteiger partial charge >= 0.3 is 12.1 Å². The maximum atomic E-state index is 13.1. The number of amides is 1. The van der Waals surface area contributed by atoms with Gasteiger partial charge in [-0.3, -0.25) is 4.79 Å². The van der Waals surface area contributed by atoms with Crippen molar-refractivity contribution >= 4 is 11.9 Å². The molecule has 0 aliphatic carbocycles. The van der Waals surface area contributed by atoms with Crippen molar-refractivity contribution in [1.82, 2.24) is 15.7 Å². The first kappa shape index (κ1) is 22.0. The second-order valence-corrected chi connectivity index (χ2v) is 6.31. The molecule has 6 nitrogen and oxygen atoms in total. The number of alkyl halides is 3. The molecule has 1 aromatic rings. The highest BCUT2D eigenvalue weighted by molar-refractivity contribution is 5.76. The number of benzene rings is 1. The molecule has 11 heteroatoms. The lowest BCUT2D eigenvalue weighted by Gasteiger charge is -2.31. The Labute approximate surface area is 158 Å². The molecule has 156 valence electrons. The van der Waals surface area contributed by atoms with Gasteiger partial charge in [-0.05, 0) is 30.5 Å². The molecule has 0 aromatic heterocycles. The van der Waals surface area contributed by atoms with E-state index in [4.69, 9.17) is 0 Å². The van der Waals surface area contributed by atoms with Crippen LogP contribution in [0, 0.1) is 11.6 Å². The SMILES string of the molecule is O=C(CCNC1CCN(OC(=O)C(F)(F)F)CC1)NCc1ccc(F)c(F)c1. The van der Waals surface area contributed by atoms with Gasteiger partial charge in [0, 0.05) is 38.6 Å². The van der Waals surface area contributed by atoms with E-state index in [0.717, 1.165) is 17.2 Å². The molecular formula is C17H20F5N3O3. The fourth-order valence-electron chi connectivity index (χ4n) is 2.65. The van der Waals surface area contributed by atoms with Crippen LogP contribution in [0.25, 0.3) is 0 Å². The molecule has 2 rings (SSSR count). The van der Waals surface area contributed by atoms with Gasteiger partial charge in [0.1, 0.15) is 0 Å². The average molecular weight is 409 g/mol. The Bertz CT molecular complexity index is 691. The van der Waals surface area contributed by atoms with E-state index < -0.39 is 23.8 Å². The van der Waals surface area contributed by atoms with Crippen LogP contribution >= 0.6 is 0 Å². The van der Waals surface area contributed by atoms with Crippen LogP contribution < -0.4 is 10.6 Å². The summed E-state index contributed by atoms with van der Waals surface area (Å²) in [6.07, 6.45) is -3.96. The number of carbonyl (C=O) groups excluding carboxylic acids is 2. The van der Waals surface area contributed by atoms with Gasteiger partial charge in [-0.2, -0.15) is 13.2 Å². The van der Waals surface area contributed by atoms with E-state index >= 15 is 0 Å². The minimum atomic E-state index is -5.03. The van der Waals surface area contributed by atoms with Crippen LogP contribution in [0.3, 0.4) is 0 Å². The summed E-state index contributed by atoms with van der Waals surface area (Å²) < 4.78 is 62.3. The van der Waals surface area contributed by atoms with Crippen molar-refractivity contribution in [2.24, 2.45) is 0 Å². The quantitative estimate of drug-likeness (QED) is 0.675. The van der Waals surface area contributed by atoms with Gasteiger partial charge in [-0.25, -0.2) is 13.6 Å². The zero-order chi connectivity index (χ0) is 20.7. The number of rotatable bonds is 7. The van der Waals surface area contributed by atoms with E-state index in [2.05, 4.69) is 15.5 Å². The Morgan fingerprint density at radius 3 is 2.43 bits per heavy atom. The number of piperidine rings is 1. The van der Waals surface area contributed by atoms with Gasteiger partial charge in [-0.15, -0.1) is 5.06 Å². The summed E-state index contributed by atoms with van der Waals surface area (Å²) in [6, 6.07) is 3.35. The standard InChI is InChI=1S/C17H20F5N3O3/c18-13-2-1-11(9-14(13)19)10-24-15(26)3-6-23-12-4-7-25(8-5-12)28-16(27)17(20,21)22/h1-2,9,12,23H,3-8,10H2,(H,24,26). The number of halogens is 5. The van der Waals surface area contributed by atoms with Crippen LogP contribution in [-0.2, 0) is 21.0 Å². The van der Waals surface area contributed by atoms with Crippen molar-refractivity contribution in [3.63, 3.8) is 0 Å². The van der Waals surface area contributed by atoms with Crippen LogP contribution in [-0.4, -0.2) is 48.8 Å². The Hall–Kier alpha value is -2.27. The summed E-state index contributed by atoms with van der Waals surface area (Å²) >= 11 is 0. The fourth-order valence-corrected chi connectivity index (χ4v) is 2.65.